The summed E-state index contributed by atoms with van der Waals surface area (Å²) < 4.78 is 43.6. The van der Waals surface area contributed by atoms with Crippen molar-refractivity contribution in [1.29, 1.82) is 0 Å². The topological polar surface area (TPSA) is 112 Å². The van der Waals surface area contributed by atoms with E-state index in [9.17, 15) is 8.42 Å². The van der Waals surface area contributed by atoms with Gasteiger partial charge in [-0.05, 0) is 57.4 Å². The molecule has 0 radical (unpaired) electrons. The van der Waals surface area contributed by atoms with Gasteiger partial charge < -0.3 is 13.8 Å². The van der Waals surface area contributed by atoms with Gasteiger partial charge in [0.25, 0.3) is 0 Å². The third kappa shape index (κ3) is 3.50. The second-order valence-electron chi connectivity index (χ2n) is 7.80. The number of rotatable bonds is 6. The zero-order chi connectivity index (χ0) is 20.9. The number of sulfonamides is 1. The Morgan fingerprint density at radius 1 is 1.07 bits per heavy atom. The van der Waals surface area contributed by atoms with E-state index < -0.39 is 10.0 Å². The van der Waals surface area contributed by atoms with Crippen molar-refractivity contribution >= 4 is 10.0 Å². The molecule has 1 aliphatic carbocycles. The summed E-state index contributed by atoms with van der Waals surface area (Å²) in [6.45, 7) is 3.91. The molecule has 3 aromatic rings. The molecule has 2 fully saturated rings. The minimum atomic E-state index is -3.65. The highest BCUT2D eigenvalue weighted by Gasteiger charge is 2.37. The van der Waals surface area contributed by atoms with Gasteiger partial charge in [-0.25, -0.2) is 8.42 Å². The second-order valence-corrected chi connectivity index (χ2v) is 9.67. The molecule has 9 nitrogen and oxygen atoms in total. The van der Waals surface area contributed by atoms with Crippen molar-refractivity contribution in [2.24, 2.45) is 0 Å². The summed E-state index contributed by atoms with van der Waals surface area (Å²) in [5.41, 5.74) is 1.23. The van der Waals surface area contributed by atoms with Gasteiger partial charge in [0.2, 0.25) is 21.7 Å². The highest BCUT2D eigenvalue weighted by Crippen LogP contribution is 2.39. The van der Waals surface area contributed by atoms with Gasteiger partial charge >= 0.3 is 0 Å². The van der Waals surface area contributed by atoms with E-state index in [0.717, 1.165) is 18.4 Å². The van der Waals surface area contributed by atoms with Gasteiger partial charge in [0, 0.05) is 18.0 Å². The summed E-state index contributed by atoms with van der Waals surface area (Å²) in [4.78, 5) is 4.60. The molecule has 1 atom stereocenters. The fraction of sp³-hybridized carbons (Fsp3) is 0.450. The van der Waals surface area contributed by atoms with Crippen molar-refractivity contribution in [1.82, 2.24) is 19.6 Å². The van der Waals surface area contributed by atoms with Crippen LogP contribution in [0.4, 0.5) is 0 Å². The van der Waals surface area contributed by atoms with Gasteiger partial charge in [0.1, 0.15) is 22.4 Å². The Labute approximate surface area is 174 Å². The van der Waals surface area contributed by atoms with Crippen LogP contribution in [-0.2, 0) is 10.0 Å². The lowest BCUT2D eigenvalue weighted by molar-refractivity contribution is 0.215. The third-order valence-corrected chi connectivity index (χ3v) is 7.57. The first-order chi connectivity index (χ1) is 14.4. The van der Waals surface area contributed by atoms with Crippen molar-refractivity contribution in [2.45, 2.75) is 50.0 Å². The first-order valence-corrected chi connectivity index (χ1v) is 11.4. The molecule has 0 amide bonds. The largest absolute Gasteiger partial charge is 0.489 e. The molecule has 1 aliphatic heterocycles. The molecule has 0 bridgehead atoms. The van der Waals surface area contributed by atoms with Crippen molar-refractivity contribution < 1.29 is 22.2 Å². The molecule has 2 aliphatic rings. The number of ether oxygens (including phenoxy) is 1. The zero-order valence-corrected chi connectivity index (χ0v) is 17.6. The van der Waals surface area contributed by atoms with Gasteiger partial charge in [-0.3, -0.25) is 0 Å². The highest BCUT2D eigenvalue weighted by molar-refractivity contribution is 7.89. The Morgan fingerprint density at radius 2 is 1.83 bits per heavy atom. The van der Waals surface area contributed by atoms with Crippen molar-refractivity contribution in [2.75, 3.05) is 13.1 Å². The third-order valence-electron chi connectivity index (χ3n) is 5.46. The molecule has 3 heterocycles. The summed E-state index contributed by atoms with van der Waals surface area (Å²) in [5, 5.41) is 7.80. The SMILES string of the molecule is Cc1noc(C)c1S(=O)(=O)N1CCC(Oc2ccc(-c3noc(C4CC4)n3)cc2)C1. The molecule has 1 aromatic carbocycles. The maximum absolute atomic E-state index is 12.9. The number of aromatic nitrogens is 3. The second kappa shape index (κ2) is 7.21. The molecule has 0 N–H and O–H groups in total. The van der Waals surface area contributed by atoms with E-state index in [4.69, 9.17) is 13.8 Å². The smallest absolute Gasteiger partial charge is 0.248 e. The maximum Gasteiger partial charge on any atom is 0.248 e. The minimum absolute atomic E-state index is 0.151. The number of nitrogens with zero attached hydrogens (tertiary/aromatic N) is 4. The molecule has 1 unspecified atom stereocenters. The van der Waals surface area contributed by atoms with Crippen LogP contribution in [0.25, 0.3) is 11.4 Å². The van der Waals surface area contributed by atoms with Crippen molar-refractivity contribution in [3.05, 3.63) is 41.6 Å². The molecule has 1 saturated heterocycles. The van der Waals surface area contributed by atoms with E-state index in [1.54, 1.807) is 13.8 Å². The van der Waals surface area contributed by atoms with Crippen LogP contribution in [0.3, 0.4) is 0 Å². The number of benzene rings is 1. The molecule has 30 heavy (non-hydrogen) atoms. The maximum atomic E-state index is 12.9. The molecule has 10 heteroatoms. The average molecular weight is 430 g/mol. The molecule has 0 spiro atoms. The number of hydrogen-bond donors (Lipinski definition) is 0. The van der Waals surface area contributed by atoms with E-state index in [1.807, 2.05) is 24.3 Å². The van der Waals surface area contributed by atoms with E-state index in [0.29, 0.717) is 47.8 Å². The van der Waals surface area contributed by atoms with Crippen LogP contribution in [0.15, 0.2) is 38.2 Å². The first-order valence-electron chi connectivity index (χ1n) is 9.95. The fourth-order valence-electron chi connectivity index (χ4n) is 3.71. The molecular formula is C20H22N4O5S. The normalized spacial score (nSPS) is 20.0. The van der Waals surface area contributed by atoms with Crippen molar-refractivity contribution in [3.8, 4) is 17.1 Å². The average Bonchev–Trinajstić information content (AvgIpc) is 3.11. The molecule has 2 aromatic heterocycles. The molecular weight excluding hydrogens is 408 g/mol. The molecule has 158 valence electrons. The molecule has 1 saturated carbocycles. The van der Waals surface area contributed by atoms with E-state index in [2.05, 4.69) is 15.3 Å². The Bertz CT molecular complexity index is 1140. The van der Waals surface area contributed by atoms with Crippen LogP contribution in [-0.4, -0.2) is 47.2 Å². The van der Waals surface area contributed by atoms with Crippen LogP contribution in [0, 0.1) is 13.8 Å². The van der Waals surface area contributed by atoms with E-state index in [1.165, 1.54) is 4.31 Å². The van der Waals surface area contributed by atoms with Gasteiger partial charge in [-0.2, -0.15) is 9.29 Å². The lowest BCUT2D eigenvalue weighted by atomic mass is 10.2. The zero-order valence-electron chi connectivity index (χ0n) is 16.7. The monoisotopic (exact) mass is 430 g/mol. The van der Waals surface area contributed by atoms with Gasteiger partial charge in [-0.1, -0.05) is 10.3 Å². The minimum Gasteiger partial charge on any atom is -0.489 e. The Hall–Kier alpha value is -2.72. The summed E-state index contributed by atoms with van der Waals surface area (Å²) in [7, 11) is -3.65. The van der Waals surface area contributed by atoms with Gasteiger partial charge in [0.05, 0.1) is 6.54 Å². The quantitative estimate of drug-likeness (QED) is 0.587. The Balaban J connectivity index is 1.24. The van der Waals surface area contributed by atoms with Crippen LogP contribution < -0.4 is 4.74 Å². The van der Waals surface area contributed by atoms with Crippen LogP contribution in [0.5, 0.6) is 5.75 Å². The van der Waals surface area contributed by atoms with Crippen LogP contribution >= 0.6 is 0 Å². The predicted molar refractivity (Wildman–Crippen MR) is 105 cm³/mol. The summed E-state index contributed by atoms with van der Waals surface area (Å²) in [5.74, 6) is 2.67. The standard InChI is InChI=1S/C20H22N4O5S/c1-12-18(13(2)28-22-12)30(25,26)24-10-9-17(11-24)27-16-7-5-14(6-8-16)19-21-20(29-23-19)15-3-4-15/h5-8,15,17H,3-4,9-11H2,1-2H3. The summed E-state index contributed by atoms with van der Waals surface area (Å²) >= 11 is 0. The van der Waals surface area contributed by atoms with E-state index in [-0.39, 0.29) is 17.5 Å². The Morgan fingerprint density at radius 3 is 2.50 bits per heavy atom. The number of hydrogen-bond acceptors (Lipinski definition) is 8. The summed E-state index contributed by atoms with van der Waals surface area (Å²) in [6.07, 6.45) is 2.61. The van der Waals surface area contributed by atoms with Crippen molar-refractivity contribution in [3.63, 3.8) is 0 Å². The van der Waals surface area contributed by atoms with Gasteiger partial charge in [-0.15, -0.1) is 0 Å². The van der Waals surface area contributed by atoms with E-state index >= 15 is 0 Å². The predicted octanol–water partition coefficient (Wildman–Crippen LogP) is 3.06. The molecule has 5 rings (SSSR count). The first kappa shape index (κ1) is 19.3. The lowest BCUT2D eigenvalue weighted by Gasteiger charge is -2.17. The fourth-order valence-corrected chi connectivity index (χ4v) is 5.49. The highest BCUT2D eigenvalue weighted by atomic mass is 32.2. The Kier molecular flexibility index (Phi) is 4.62. The lowest BCUT2D eigenvalue weighted by Crippen LogP contribution is -2.31. The van der Waals surface area contributed by atoms with Crippen LogP contribution in [0.2, 0.25) is 0 Å². The van der Waals surface area contributed by atoms with Gasteiger partial charge in [0.15, 0.2) is 5.76 Å². The number of aryl methyl sites for hydroxylation is 2. The van der Waals surface area contributed by atoms with Crippen LogP contribution in [0.1, 0.15) is 42.5 Å². The summed E-state index contributed by atoms with van der Waals surface area (Å²) in [6, 6.07) is 7.44.